The summed E-state index contributed by atoms with van der Waals surface area (Å²) in [4.78, 5) is 0. The molecule has 0 spiro atoms. The highest BCUT2D eigenvalue weighted by atomic mass is 16.6. The van der Waals surface area contributed by atoms with Crippen molar-refractivity contribution in [2.45, 2.75) is 39.3 Å². The van der Waals surface area contributed by atoms with Crippen LogP contribution >= 0.6 is 0 Å². The van der Waals surface area contributed by atoms with Crippen LogP contribution in [0.3, 0.4) is 0 Å². The Balaban J connectivity index is 2.05. The molecule has 2 rings (SSSR count). The highest BCUT2D eigenvalue weighted by molar-refractivity contribution is 5.40. The van der Waals surface area contributed by atoms with Crippen LogP contribution in [-0.4, -0.2) is 25.3 Å². The fraction of sp³-hybridized carbons (Fsp3) is 0.600. The van der Waals surface area contributed by atoms with Gasteiger partial charge in [-0.25, -0.2) is 0 Å². The van der Waals surface area contributed by atoms with Gasteiger partial charge in [-0.1, -0.05) is 32.9 Å². The highest BCUT2D eigenvalue weighted by Gasteiger charge is 2.28. The standard InChI is InChI=1S/C15H23NO2/c1-4-16-12(9-11(2)3)15-10-17-13-7-5-6-8-14(13)18-15/h5-8,11-12,15-16H,4,9-10H2,1-3H3. The van der Waals surface area contributed by atoms with E-state index in [1.54, 1.807) is 0 Å². The second-order valence-electron chi connectivity index (χ2n) is 5.21. The van der Waals surface area contributed by atoms with Crippen LogP contribution in [0.2, 0.25) is 0 Å². The average molecular weight is 249 g/mol. The Morgan fingerprint density at radius 3 is 2.67 bits per heavy atom. The molecule has 0 saturated heterocycles. The Labute approximate surface area is 109 Å². The Kier molecular flexibility index (Phi) is 4.48. The minimum atomic E-state index is 0.0993. The van der Waals surface area contributed by atoms with Gasteiger partial charge in [0.1, 0.15) is 12.7 Å². The lowest BCUT2D eigenvalue weighted by molar-refractivity contribution is 0.0564. The molecule has 1 aromatic rings. The molecule has 1 aliphatic rings. The molecule has 1 aliphatic heterocycles. The second-order valence-corrected chi connectivity index (χ2v) is 5.21. The summed E-state index contributed by atoms with van der Waals surface area (Å²) >= 11 is 0. The highest BCUT2D eigenvalue weighted by Crippen LogP contribution is 2.32. The zero-order chi connectivity index (χ0) is 13.0. The van der Waals surface area contributed by atoms with Gasteiger partial charge in [0.25, 0.3) is 0 Å². The van der Waals surface area contributed by atoms with Crippen molar-refractivity contribution in [2.75, 3.05) is 13.2 Å². The molecule has 0 amide bonds. The predicted molar refractivity (Wildman–Crippen MR) is 73.3 cm³/mol. The summed E-state index contributed by atoms with van der Waals surface area (Å²) in [5, 5.41) is 3.51. The lowest BCUT2D eigenvalue weighted by Gasteiger charge is -2.33. The molecule has 0 bridgehead atoms. The van der Waals surface area contributed by atoms with Crippen LogP contribution in [0.1, 0.15) is 27.2 Å². The molecule has 1 aromatic carbocycles. The molecular formula is C15H23NO2. The zero-order valence-electron chi connectivity index (χ0n) is 11.5. The molecule has 18 heavy (non-hydrogen) atoms. The Bertz CT molecular complexity index is 379. The third-order valence-corrected chi connectivity index (χ3v) is 3.17. The van der Waals surface area contributed by atoms with E-state index in [4.69, 9.17) is 9.47 Å². The number of rotatable bonds is 5. The molecule has 2 atom stereocenters. The first-order valence-corrected chi connectivity index (χ1v) is 6.82. The van der Waals surface area contributed by atoms with Crippen molar-refractivity contribution in [3.05, 3.63) is 24.3 Å². The van der Waals surface area contributed by atoms with Gasteiger partial charge < -0.3 is 14.8 Å². The molecule has 100 valence electrons. The molecule has 0 aromatic heterocycles. The largest absolute Gasteiger partial charge is 0.486 e. The maximum atomic E-state index is 6.06. The summed E-state index contributed by atoms with van der Waals surface area (Å²) < 4.78 is 11.8. The number of fused-ring (bicyclic) bond motifs is 1. The summed E-state index contributed by atoms with van der Waals surface area (Å²) in [6, 6.07) is 8.23. The summed E-state index contributed by atoms with van der Waals surface area (Å²) in [6.07, 6.45) is 1.20. The number of likely N-dealkylation sites (N-methyl/N-ethyl adjacent to an activating group) is 1. The van der Waals surface area contributed by atoms with Crippen LogP contribution < -0.4 is 14.8 Å². The van der Waals surface area contributed by atoms with Crippen molar-refractivity contribution in [1.82, 2.24) is 5.32 Å². The van der Waals surface area contributed by atoms with E-state index >= 15 is 0 Å². The summed E-state index contributed by atoms with van der Waals surface area (Å²) in [7, 11) is 0. The van der Waals surface area contributed by atoms with Crippen LogP contribution in [0.25, 0.3) is 0 Å². The van der Waals surface area contributed by atoms with Crippen molar-refractivity contribution in [2.24, 2.45) is 5.92 Å². The van der Waals surface area contributed by atoms with E-state index in [0.717, 1.165) is 24.5 Å². The van der Waals surface area contributed by atoms with Crippen molar-refractivity contribution in [1.29, 1.82) is 0 Å². The Morgan fingerprint density at radius 2 is 2.00 bits per heavy atom. The number of ether oxygens (including phenoxy) is 2. The lowest BCUT2D eigenvalue weighted by Crippen LogP contribution is -2.48. The van der Waals surface area contributed by atoms with Gasteiger partial charge in [0.15, 0.2) is 11.5 Å². The molecule has 0 radical (unpaired) electrons. The van der Waals surface area contributed by atoms with Gasteiger partial charge in [-0.2, -0.15) is 0 Å². The number of hydrogen-bond donors (Lipinski definition) is 1. The number of para-hydroxylation sites is 2. The van der Waals surface area contributed by atoms with Crippen molar-refractivity contribution < 1.29 is 9.47 Å². The molecule has 0 fully saturated rings. The van der Waals surface area contributed by atoms with E-state index < -0.39 is 0 Å². The second kappa shape index (κ2) is 6.10. The molecule has 1 N–H and O–H groups in total. The van der Waals surface area contributed by atoms with E-state index in [1.165, 1.54) is 0 Å². The number of nitrogens with one attached hydrogen (secondary N) is 1. The van der Waals surface area contributed by atoms with Crippen LogP contribution in [0.5, 0.6) is 11.5 Å². The predicted octanol–water partition coefficient (Wildman–Crippen LogP) is 2.85. The monoisotopic (exact) mass is 249 g/mol. The van der Waals surface area contributed by atoms with Gasteiger partial charge in [0, 0.05) is 6.04 Å². The van der Waals surface area contributed by atoms with Crippen LogP contribution in [-0.2, 0) is 0 Å². The maximum Gasteiger partial charge on any atom is 0.161 e. The Hall–Kier alpha value is -1.22. The summed E-state index contributed by atoms with van der Waals surface area (Å²) in [5.41, 5.74) is 0. The lowest BCUT2D eigenvalue weighted by atomic mass is 9.99. The molecule has 3 heteroatoms. The van der Waals surface area contributed by atoms with Crippen molar-refractivity contribution >= 4 is 0 Å². The number of hydrogen-bond acceptors (Lipinski definition) is 3. The van der Waals surface area contributed by atoms with Crippen LogP contribution in [0.15, 0.2) is 24.3 Å². The SMILES string of the molecule is CCNC(CC(C)C)C1COc2ccccc2O1. The first-order valence-electron chi connectivity index (χ1n) is 6.82. The number of benzene rings is 1. The summed E-state index contributed by atoms with van der Waals surface area (Å²) in [5.74, 6) is 2.36. The quantitative estimate of drug-likeness (QED) is 0.870. The third kappa shape index (κ3) is 3.16. The van der Waals surface area contributed by atoms with Crippen molar-refractivity contribution in [3.63, 3.8) is 0 Å². The first-order chi connectivity index (χ1) is 8.70. The van der Waals surface area contributed by atoms with E-state index in [2.05, 4.69) is 26.1 Å². The topological polar surface area (TPSA) is 30.5 Å². The van der Waals surface area contributed by atoms with Gasteiger partial charge in [-0.05, 0) is 31.0 Å². The van der Waals surface area contributed by atoms with Gasteiger partial charge in [0.05, 0.1) is 0 Å². The van der Waals surface area contributed by atoms with E-state index in [-0.39, 0.29) is 6.10 Å². The molecule has 0 aliphatic carbocycles. The fourth-order valence-corrected chi connectivity index (χ4v) is 2.37. The Morgan fingerprint density at radius 1 is 1.28 bits per heavy atom. The molecule has 1 heterocycles. The molecule has 3 nitrogen and oxygen atoms in total. The van der Waals surface area contributed by atoms with Crippen LogP contribution in [0, 0.1) is 5.92 Å². The molecule has 0 saturated carbocycles. The zero-order valence-corrected chi connectivity index (χ0v) is 11.5. The van der Waals surface area contributed by atoms with Gasteiger partial charge in [0.2, 0.25) is 0 Å². The van der Waals surface area contributed by atoms with Gasteiger partial charge >= 0.3 is 0 Å². The maximum absolute atomic E-state index is 6.06. The van der Waals surface area contributed by atoms with E-state index in [9.17, 15) is 0 Å². The first kappa shape index (κ1) is 13.2. The molecule has 2 unspecified atom stereocenters. The van der Waals surface area contributed by atoms with Gasteiger partial charge in [-0.15, -0.1) is 0 Å². The normalized spacial score (nSPS) is 19.9. The average Bonchev–Trinajstić information content (AvgIpc) is 2.37. The van der Waals surface area contributed by atoms with Gasteiger partial charge in [-0.3, -0.25) is 0 Å². The van der Waals surface area contributed by atoms with E-state index in [0.29, 0.717) is 18.6 Å². The van der Waals surface area contributed by atoms with Crippen LogP contribution in [0.4, 0.5) is 0 Å². The van der Waals surface area contributed by atoms with Crippen molar-refractivity contribution in [3.8, 4) is 11.5 Å². The van der Waals surface area contributed by atoms with E-state index in [1.807, 2.05) is 24.3 Å². The smallest absolute Gasteiger partial charge is 0.161 e. The fourth-order valence-electron chi connectivity index (χ4n) is 2.37. The molecular weight excluding hydrogens is 226 g/mol. The minimum absolute atomic E-state index is 0.0993. The summed E-state index contributed by atoms with van der Waals surface area (Å²) in [6.45, 7) is 8.19. The third-order valence-electron chi connectivity index (χ3n) is 3.17. The minimum Gasteiger partial charge on any atom is -0.486 e.